The van der Waals surface area contributed by atoms with Gasteiger partial charge in [-0.15, -0.1) is 0 Å². The van der Waals surface area contributed by atoms with Crippen LogP contribution in [0.3, 0.4) is 0 Å². The van der Waals surface area contributed by atoms with Crippen molar-refractivity contribution in [3.8, 4) is 11.1 Å². The third kappa shape index (κ3) is 3.70. The quantitative estimate of drug-likeness (QED) is 0.710. The Kier molecular flexibility index (Phi) is 4.99. The van der Waals surface area contributed by atoms with E-state index in [2.05, 4.69) is 19.9 Å². The molecule has 1 saturated heterocycles. The lowest BCUT2D eigenvalue weighted by Crippen LogP contribution is -2.24. The summed E-state index contributed by atoms with van der Waals surface area (Å²) in [6, 6.07) is 11.4. The molecule has 4 N–H and O–H groups in total. The van der Waals surface area contributed by atoms with Crippen molar-refractivity contribution in [2.45, 2.75) is 25.4 Å². The molecule has 3 aromatic rings. The van der Waals surface area contributed by atoms with E-state index < -0.39 is 5.91 Å². The number of carbonyl (C=O) groups is 1. The van der Waals surface area contributed by atoms with Crippen molar-refractivity contribution in [1.82, 2.24) is 19.9 Å². The van der Waals surface area contributed by atoms with E-state index in [-0.39, 0.29) is 12.0 Å². The molecular weight excluding hydrogens is 352 g/mol. The summed E-state index contributed by atoms with van der Waals surface area (Å²) in [5.41, 5.74) is 15.7. The van der Waals surface area contributed by atoms with E-state index in [1.807, 2.05) is 36.7 Å². The van der Waals surface area contributed by atoms with Crippen molar-refractivity contribution in [3.63, 3.8) is 0 Å². The Morgan fingerprint density at radius 1 is 1.21 bits per heavy atom. The van der Waals surface area contributed by atoms with Crippen LogP contribution in [0.2, 0.25) is 0 Å². The van der Waals surface area contributed by atoms with Gasteiger partial charge in [0.1, 0.15) is 0 Å². The summed E-state index contributed by atoms with van der Waals surface area (Å²) in [7, 11) is 0. The first-order chi connectivity index (χ1) is 13.6. The topological polar surface area (TPSA) is 111 Å². The standard InChI is InChI=1S/C21H22N6O/c22-20(28)16-4-1-3-15(11-16)17-12-25-21(23)26-19(17)18-5-2-10-27(18)13-14-6-8-24-9-7-14/h1,3-4,6-9,11-12,18H,2,5,10,13H2,(H2,22,28)(H2,23,25,26)/t18-/m1/s1. The molecule has 1 aliphatic rings. The molecule has 0 radical (unpaired) electrons. The molecular formula is C21H22N6O. The first-order valence-electron chi connectivity index (χ1n) is 9.27. The number of aromatic nitrogens is 3. The highest BCUT2D eigenvalue weighted by Gasteiger charge is 2.30. The van der Waals surface area contributed by atoms with Crippen molar-refractivity contribution in [3.05, 3.63) is 71.8 Å². The predicted molar refractivity (Wildman–Crippen MR) is 107 cm³/mol. The summed E-state index contributed by atoms with van der Waals surface area (Å²) in [6.45, 7) is 1.80. The number of hydrogen-bond donors (Lipinski definition) is 2. The number of hydrogen-bond acceptors (Lipinski definition) is 6. The van der Waals surface area contributed by atoms with Crippen LogP contribution in [0.15, 0.2) is 55.0 Å². The van der Waals surface area contributed by atoms with Crippen LogP contribution < -0.4 is 11.5 Å². The van der Waals surface area contributed by atoms with E-state index in [9.17, 15) is 4.79 Å². The lowest BCUT2D eigenvalue weighted by atomic mass is 9.98. The van der Waals surface area contributed by atoms with Gasteiger partial charge in [-0.2, -0.15) is 0 Å². The third-order valence-corrected chi connectivity index (χ3v) is 5.11. The van der Waals surface area contributed by atoms with Gasteiger partial charge in [0, 0.05) is 36.3 Å². The minimum Gasteiger partial charge on any atom is -0.368 e. The SMILES string of the molecule is NC(=O)c1cccc(-c2cnc(N)nc2[C@H]2CCCN2Cc2ccncc2)c1. The largest absolute Gasteiger partial charge is 0.368 e. The molecule has 0 saturated carbocycles. The van der Waals surface area contributed by atoms with Crippen LogP contribution in [0.5, 0.6) is 0 Å². The second kappa shape index (κ2) is 7.74. The van der Waals surface area contributed by atoms with E-state index in [0.29, 0.717) is 5.56 Å². The molecule has 1 fully saturated rings. The van der Waals surface area contributed by atoms with Crippen molar-refractivity contribution in [2.75, 3.05) is 12.3 Å². The maximum absolute atomic E-state index is 11.6. The molecule has 4 rings (SSSR count). The molecule has 28 heavy (non-hydrogen) atoms. The normalized spacial score (nSPS) is 16.9. The number of nitrogen functional groups attached to an aromatic ring is 1. The number of primary amides is 1. The fourth-order valence-corrected chi connectivity index (χ4v) is 3.77. The Morgan fingerprint density at radius 3 is 2.82 bits per heavy atom. The summed E-state index contributed by atoms with van der Waals surface area (Å²) < 4.78 is 0. The highest BCUT2D eigenvalue weighted by atomic mass is 16.1. The van der Waals surface area contributed by atoms with E-state index in [0.717, 1.165) is 42.8 Å². The lowest BCUT2D eigenvalue weighted by Gasteiger charge is -2.26. The number of benzene rings is 1. The zero-order valence-corrected chi connectivity index (χ0v) is 15.5. The Balaban J connectivity index is 1.72. The van der Waals surface area contributed by atoms with Crippen molar-refractivity contribution >= 4 is 11.9 Å². The zero-order chi connectivity index (χ0) is 19.5. The van der Waals surface area contributed by atoms with Gasteiger partial charge < -0.3 is 11.5 Å². The van der Waals surface area contributed by atoms with Gasteiger partial charge in [-0.25, -0.2) is 9.97 Å². The average molecular weight is 374 g/mol. The molecule has 7 nitrogen and oxygen atoms in total. The predicted octanol–water partition coefficient (Wildman–Crippen LogP) is 2.56. The number of anilines is 1. The van der Waals surface area contributed by atoms with Gasteiger partial charge in [0.2, 0.25) is 11.9 Å². The maximum atomic E-state index is 11.6. The Hall–Kier alpha value is -3.32. The van der Waals surface area contributed by atoms with E-state index in [4.69, 9.17) is 11.5 Å². The number of nitrogens with zero attached hydrogens (tertiary/aromatic N) is 4. The van der Waals surface area contributed by atoms with Crippen LogP contribution in [0.25, 0.3) is 11.1 Å². The molecule has 0 bridgehead atoms. The molecule has 0 unspecified atom stereocenters. The number of carbonyl (C=O) groups excluding carboxylic acids is 1. The molecule has 1 atom stereocenters. The molecule has 1 aromatic carbocycles. The van der Waals surface area contributed by atoms with Gasteiger partial charge in [-0.3, -0.25) is 14.7 Å². The fourth-order valence-electron chi connectivity index (χ4n) is 3.77. The second-order valence-electron chi connectivity index (χ2n) is 6.96. The first kappa shape index (κ1) is 18.1. The third-order valence-electron chi connectivity index (χ3n) is 5.11. The van der Waals surface area contributed by atoms with Crippen LogP contribution in [-0.2, 0) is 6.54 Å². The van der Waals surface area contributed by atoms with Gasteiger partial charge in [0.15, 0.2) is 0 Å². The van der Waals surface area contributed by atoms with Gasteiger partial charge in [-0.1, -0.05) is 12.1 Å². The number of likely N-dealkylation sites (tertiary alicyclic amines) is 1. The molecule has 1 aliphatic heterocycles. The number of amides is 1. The highest BCUT2D eigenvalue weighted by Crippen LogP contribution is 2.37. The summed E-state index contributed by atoms with van der Waals surface area (Å²) in [6.07, 6.45) is 7.43. The highest BCUT2D eigenvalue weighted by molar-refractivity contribution is 5.94. The maximum Gasteiger partial charge on any atom is 0.248 e. The first-order valence-corrected chi connectivity index (χ1v) is 9.27. The minimum absolute atomic E-state index is 0.130. The summed E-state index contributed by atoms with van der Waals surface area (Å²) in [5.74, 6) is -0.208. The van der Waals surface area contributed by atoms with Crippen LogP contribution in [-0.4, -0.2) is 32.3 Å². The lowest BCUT2D eigenvalue weighted by molar-refractivity contribution is 0.100. The molecule has 0 spiro atoms. The van der Waals surface area contributed by atoms with E-state index in [1.165, 1.54) is 5.56 Å². The Morgan fingerprint density at radius 2 is 2.04 bits per heavy atom. The number of rotatable bonds is 5. The van der Waals surface area contributed by atoms with Crippen molar-refractivity contribution in [2.24, 2.45) is 5.73 Å². The molecule has 142 valence electrons. The van der Waals surface area contributed by atoms with Crippen molar-refractivity contribution in [1.29, 1.82) is 0 Å². The van der Waals surface area contributed by atoms with Gasteiger partial charge in [-0.05, 0) is 54.8 Å². The summed E-state index contributed by atoms with van der Waals surface area (Å²) in [4.78, 5) is 26.9. The fraction of sp³-hybridized carbons (Fsp3) is 0.238. The molecule has 3 heterocycles. The number of nitrogens with two attached hydrogens (primary N) is 2. The Bertz CT molecular complexity index is 991. The van der Waals surface area contributed by atoms with Gasteiger partial charge in [0.05, 0.1) is 11.7 Å². The zero-order valence-electron chi connectivity index (χ0n) is 15.5. The van der Waals surface area contributed by atoms with E-state index in [1.54, 1.807) is 18.3 Å². The number of pyridine rings is 1. The average Bonchev–Trinajstić information content (AvgIpc) is 3.16. The van der Waals surface area contributed by atoms with Crippen LogP contribution in [0.4, 0.5) is 5.95 Å². The molecule has 7 heteroatoms. The van der Waals surface area contributed by atoms with Crippen molar-refractivity contribution < 1.29 is 4.79 Å². The minimum atomic E-state index is -0.458. The summed E-state index contributed by atoms with van der Waals surface area (Å²) >= 11 is 0. The van der Waals surface area contributed by atoms with Gasteiger partial charge >= 0.3 is 0 Å². The summed E-state index contributed by atoms with van der Waals surface area (Å²) in [5, 5.41) is 0. The smallest absolute Gasteiger partial charge is 0.248 e. The molecule has 0 aliphatic carbocycles. The van der Waals surface area contributed by atoms with Crippen LogP contribution >= 0.6 is 0 Å². The second-order valence-corrected chi connectivity index (χ2v) is 6.96. The molecule has 1 amide bonds. The Labute approximate surface area is 163 Å². The van der Waals surface area contributed by atoms with Crippen LogP contribution in [0.1, 0.15) is 40.5 Å². The monoisotopic (exact) mass is 374 g/mol. The van der Waals surface area contributed by atoms with E-state index >= 15 is 0 Å². The molecule has 2 aromatic heterocycles. The van der Waals surface area contributed by atoms with Crippen LogP contribution in [0, 0.1) is 0 Å². The van der Waals surface area contributed by atoms with Gasteiger partial charge in [0.25, 0.3) is 0 Å².